The van der Waals surface area contributed by atoms with E-state index in [4.69, 9.17) is 16.0 Å². The molecular weight excluding hydrogens is 254 g/mol. The van der Waals surface area contributed by atoms with E-state index in [1.165, 1.54) is 4.68 Å². The molecule has 0 atom stereocenters. The molecule has 0 saturated carbocycles. The zero-order valence-electron chi connectivity index (χ0n) is 10.2. The van der Waals surface area contributed by atoms with Gasteiger partial charge in [0.2, 0.25) is 0 Å². The summed E-state index contributed by atoms with van der Waals surface area (Å²) in [7, 11) is 0. The van der Waals surface area contributed by atoms with Crippen LogP contribution in [0, 0.1) is 6.92 Å². The molecule has 0 fully saturated rings. The van der Waals surface area contributed by atoms with Crippen molar-refractivity contribution in [2.45, 2.75) is 26.9 Å². The van der Waals surface area contributed by atoms with E-state index in [9.17, 15) is 4.79 Å². The molecule has 0 amide bonds. The molecule has 0 aliphatic rings. The molecule has 0 aromatic carbocycles. The standard InChI is InChI=1S/C12H14ClN3O2/c1-3-16-12(17)11(13)10(7-15-16)14-6-9-5-4-8(2)18-9/h4-5,7,14H,3,6H2,1-2H3. The first-order valence-electron chi connectivity index (χ1n) is 5.66. The Kier molecular flexibility index (Phi) is 3.72. The molecule has 5 nitrogen and oxygen atoms in total. The first-order chi connectivity index (χ1) is 8.61. The highest BCUT2D eigenvalue weighted by molar-refractivity contribution is 6.32. The number of anilines is 1. The van der Waals surface area contributed by atoms with Crippen LogP contribution in [0.3, 0.4) is 0 Å². The summed E-state index contributed by atoms with van der Waals surface area (Å²) in [6.07, 6.45) is 1.54. The average molecular weight is 268 g/mol. The summed E-state index contributed by atoms with van der Waals surface area (Å²) in [6.45, 7) is 4.67. The van der Waals surface area contributed by atoms with Gasteiger partial charge in [0.1, 0.15) is 16.5 Å². The Bertz CT molecular complexity index is 604. The number of aromatic nitrogens is 2. The average Bonchev–Trinajstić information content (AvgIpc) is 2.77. The van der Waals surface area contributed by atoms with Crippen molar-refractivity contribution in [3.8, 4) is 0 Å². The summed E-state index contributed by atoms with van der Waals surface area (Å²) in [4.78, 5) is 11.7. The van der Waals surface area contributed by atoms with E-state index in [0.29, 0.717) is 18.8 Å². The molecule has 2 rings (SSSR count). The van der Waals surface area contributed by atoms with Crippen LogP contribution in [0.5, 0.6) is 0 Å². The lowest BCUT2D eigenvalue weighted by atomic mass is 10.4. The van der Waals surface area contributed by atoms with Crippen molar-refractivity contribution >= 4 is 17.3 Å². The first kappa shape index (κ1) is 12.7. The van der Waals surface area contributed by atoms with Gasteiger partial charge in [0.15, 0.2) is 0 Å². The van der Waals surface area contributed by atoms with Gasteiger partial charge in [-0.3, -0.25) is 4.79 Å². The Labute approximate surface area is 109 Å². The molecule has 0 bridgehead atoms. The highest BCUT2D eigenvalue weighted by Crippen LogP contribution is 2.17. The lowest BCUT2D eigenvalue weighted by molar-refractivity contribution is 0.490. The highest BCUT2D eigenvalue weighted by atomic mass is 35.5. The van der Waals surface area contributed by atoms with E-state index in [2.05, 4.69) is 10.4 Å². The molecular formula is C12H14ClN3O2. The zero-order valence-corrected chi connectivity index (χ0v) is 11.0. The molecule has 0 saturated heterocycles. The molecule has 0 spiro atoms. The minimum absolute atomic E-state index is 0.148. The molecule has 0 radical (unpaired) electrons. The van der Waals surface area contributed by atoms with E-state index < -0.39 is 0 Å². The summed E-state index contributed by atoms with van der Waals surface area (Å²) < 4.78 is 6.72. The van der Waals surface area contributed by atoms with Crippen LogP contribution < -0.4 is 10.9 Å². The van der Waals surface area contributed by atoms with Gasteiger partial charge in [0, 0.05) is 6.54 Å². The van der Waals surface area contributed by atoms with Crippen molar-refractivity contribution in [3.63, 3.8) is 0 Å². The third-order valence-corrected chi connectivity index (χ3v) is 2.90. The van der Waals surface area contributed by atoms with Gasteiger partial charge in [0.25, 0.3) is 5.56 Å². The summed E-state index contributed by atoms with van der Waals surface area (Å²) in [5.74, 6) is 1.63. The van der Waals surface area contributed by atoms with E-state index >= 15 is 0 Å². The van der Waals surface area contributed by atoms with Gasteiger partial charge in [-0.2, -0.15) is 5.10 Å². The lowest BCUT2D eigenvalue weighted by Gasteiger charge is -2.07. The number of hydrogen-bond acceptors (Lipinski definition) is 4. The number of aryl methyl sites for hydroxylation is 2. The van der Waals surface area contributed by atoms with Gasteiger partial charge in [-0.05, 0) is 26.0 Å². The van der Waals surface area contributed by atoms with Gasteiger partial charge in [0.05, 0.1) is 18.4 Å². The number of nitrogens with one attached hydrogen (secondary N) is 1. The van der Waals surface area contributed by atoms with Crippen LogP contribution in [-0.4, -0.2) is 9.78 Å². The van der Waals surface area contributed by atoms with Crippen LogP contribution in [0.25, 0.3) is 0 Å². The SMILES string of the molecule is CCn1ncc(NCc2ccc(C)o2)c(Cl)c1=O. The zero-order chi connectivity index (χ0) is 13.1. The summed E-state index contributed by atoms with van der Waals surface area (Å²) in [5, 5.41) is 7.18. The topological polar surface area (TPSA) is 60.1 Å². The third-order valence-electron chi connectivity index (χ3n) is 2.53. The van der Waals surface area contributed by atoms with Gasteiger partial charge in [-0.1, -0.05) is 11.6 Å². The summed E-state index contributed by atoms with van der Waals surface area (Å²) >= 11 is 5.98. The molecule has 0 unspecified atom stereocenters. The second-order valence-electron chi connectivity index (χ2n) is 3.86. The molecule has 6 heteroatoms. The number of rotatable bonds is 4. The Morgan fingerprint density at radius 2 is 2.28 bits per heavy atom. The van der Waals surface area contributed by atoms with Gasteiger partial charge < -0.3 is 9.73 Å². The van der Waals surface area contributed by atoms with Crippen molar-refractivity contribution in [3.05, 3.63) is 45.2 Å². The Morgan fingerprint density at radius 3 is 2.89 bits per heavy atom. The fourth-order valence-corrected chi connectivity index (χ4v) is 1.79. The molecule has 0 aliphatic carbocycles. The maximum absolute atomic E-state index is 11.7. The quantitative estimate of drug-likeness (QED) is 0.924. The Morgan fingerprint density at radius 1 is 1.50 bits per heavy atom. The molecule has 0 aliphatic heterocycles. The fourth-order valence-electron chi connectivity index (χ4n) is 1.58. The van der Waals surface area contributed by atoms with Gasteiger partial charge >= 0.3 is 0 Å². The molecule has 2 heterocycles. The predicted octanol–water partition coefficient (Wildman–Crippen LogP) is 2.43. The number of nitrogens with zero attached hydrogens (tertiary/aromatic N) is 2. The minimum atomic E-state index is -0.292. The van der Waals surface area contributed by atoms with Crippen LogP contribution in [-0.2, 0) is 13.1 Å². The van der Waals surface area contributed by atoms with Crippen molar-refractivity contribution < 1.29 is 4.42 Å². The Hall–Kier alpha value is -1.75. The fraction of sp³-hybridized carbons (Fsp3) is 0.333. The monoisotopic (exact) mass is 267 g/mol. The summed E-state index contributed by atoms with van der Waals surface area (Å²) in [6, 6.07) is 3.75. The van der Waals surface area contributed by atoms with Crippen molar-refractivity contribution in [2.75, 3.05) is 5.32 Å². The number of furan rings is 1. The van der Waals surface area contributed by atoms with Crippen molar-refractivity contribution in [2.24, 2.45) is 0 Å². The van der Waals surface area contributed by atoms with Crippen molar-refractivity contribution in [1.29, 1.82) is 0 Å². The molecule has 1 N–H and O–H groups in total. The molecule has 2 aromatic heterocycles. The largest absolute Gasteiger partial charge is 0.465 e. The molecule has 18 heavy (non-hydrogen) atoms. The highest BCUT2D eigenvalue weighted by Gasteiger charge is 2.08. The van der Waals surface area contributed by atoms with Gasteiger partial charge in [-0.25, -0.2) is 4.68 Å². The molecule has 96 valence electrons. The summed E-state index contributed by atoms with van der Waals surface area (Å²) in [5.41, 5.74) is 0.222. The second-order valence-corrected chi connectivity index (χ2v) is 4.24. The van der Waals surface area contributed by atoms with E-state index in [0.717, 1.165) is 11.5 Å². The van der Waals surface area contributed by atoms with E-state index in [-0.39, 0.29) is 10.6 Å². The molecule has 2 aromatic rings. The van der Waals surface area contributed by atoms with Crippen molar-refractivity contribution in [1.82, 2.24) is 9.78 Å². The maximum Gasteiger partial charge on any atom is 0.287 e. The van der Waals surface area contributed by atoms with Crippen LogP contribution in [0.4, 0.5) is 5.69 Å². The van der Waals surface area contributed by atoms with Crippen LogP contribution in [0.2, 0.25) is 5.02 Å². The van der Waals surface area contributed by atoms with Crippen LogP contribution in [0.1, 0.15) is 18.4 Å². The normalized spacial score (nSPS) is 10.6. The van der Waals surface area contributed by atoms with Gasteiger partial charge in [-0.15, -0.1) is 0 Å². The number of hydrogen-bond donors (Lipinski definition) is 1. The van der Waals surface area contributed by atoms with Crippen LogP contribution >= 0.6 is 11.6 Å². The minimum Gasteiger partial charge on any atom is -0.465 e. The van der Waals surface area contributed by atoms with E-state index in [1.807, 2.05) is 26.0 Å². The maximum atomic E-state index is 11.7. The van der Waals surface area contributed by atoms with E-state index in [1.54, 1.807) is 6.20 Å². The smallest absolute Gasteiger partial charge is 0.287 e. The predicted molar refractivity (Wildman–Crippen MR) is 70.0 cm³/mol. The second kappa shape index (κ2) is 5.27. The van der Waals surface area contributed by atoms with Crippen LogP contribution in [0.15, 0.2) is 27.5 Å². The first-order valence-corrected chi connectivity index (χ1v) is 6.04. The lowest BCUT2D eigenvalue weighted by Crippen LogP contribution is -2.23. The Balaban J connectivity index is 2.15. The third kappa shape index (κ3) is 2.56. The number of halogens is 1.